The summed E-state index contributed by atoms with van der Waals surface area (Å²) >= 11 is 0. The minimum absolute atomic E-state index is 0.0441. The number of benzene rings is 4. The topological polar surface area (TPSA) is 169 Å². The number of ether oxygens (including phenoxy) is 2. The standard InChI is InChI=1S/C43H53N4O8P/c1-3-5-9-33-15-23-37(24-16-33)44-46-39-27-19-35(20-28-39)11-7-13-42(48)53-31-41(32-54-56(50,51)52)55-43(49)14-8-12-36-21-29-40(30-22-36)47-45-38-25-17-34(18-26-38)10-6-4-2/h15-30,41H,3-14,31-32H2,1-2H3,(H2,50,51,52)/t41-/m1/s1. The second-order valence-corrected chi connectivity index (χ2v) is 14.8. The highest BCUT2D eigenvalue weighted by Gasteiger charge is 2.23. The maximum absolute atomic E-state index is 12.6. The zero-order chi connectivity index (χ0) is 40.0. The van der Waals surface area contributed by atoms with E-state index in [1.54, 1.807) is 0 Å². The van der Waals surface area contributed by atoms with E-state index >= 15 is 0 Å². The number of unbranched alkanes of at least 4 members (excludes halogenated alkanes) is 2. The van der Waals surface area contributed by atoms with Crippen LogP contribution in [0.4, 0.5) is 22.7 Å². The van der Waals surface area contributed by atoms with Gasteiger partial charge in [0.2, 0.25) is 0 Å². The summed E-state index contributed by atoms with van der Waals surface area (Å²) in [4.78, 5) is 43.4. The molecule has 0 saturated heterocycles. The van der Waals surface area contributed by atoms with Crippen molar-refractivity contribution in [3.63, 3.8) is 0 Å². The van der Waals surface area contributed by atoms with Crippen LogP contribution >= 0.6 is 7.82 Å². The number of phosphoric ester groups is 1. The normalized spacial score (nSPS) is 12.3. The van der Waals surface area contributed by atoms with Gasteiger partial charge in [-0.25, -0.2) is 4.57 Å². The SMILES string of the molecule is CCCCc1ccc(N=Nc2ccc(CCCC(=O)OC[C@H](COP(=O)(O)O)OC(=O)CCCc3ccc(N=Nc4ccc(CCCC)cc4)cc3)cc2)cc1. The van der Waals surface area contributed by atoms with Gasteiger partial charge < -0.3 is 19.3 Å². The maximum atomic E-state index is 12.6. The molecule has 0 saturated carbocycles. The van der Waals surface area contributed by atoms with Crippen molar-refractivity contribution in [1.29, 1.82) is 0 Å². The summed E-state index contributed by atoms with van der Waals surface area (Å²) in [7, 11) is -4.84. The largest absolute Gasteiger partial charge is 0.469 e. The van der Waals surface area contributed by atoms with Crippen LogP contribution in [0.25, 0.3) is 0 Å². The first-order chi connectivity index (χ1) is 27.1. The second-order valence-electron chi connectivity index (χ2n) is 13.6. The van der Waals surface area contributed by atoms with Crippen LogP contribution in [0, 0.1) is 0 Å². The number of carbonyl (C=O) groups excluding carboxylic acids is 2. The Kier molecular flexibility index (Phi) is 18.7. The molecule has 4 aromatic carbocycles. The predicted molar refractivity (Wildman–Crippen MR) is 216 cm³/mol. The van der Waals surface area contributed by atoms with Crippen molar-refractivity contribution in [2.45, 2.75) is 97.0 Å². The first-order valence-corrected chi connectivity index (χ1v) is 20.9. The van der Waals surface area contributed by atoms with Gasteiger partial charge >= 0.3 is 19.8 Å². The summed E-state index contributed by atoms with van der Waals surface area (Å²) in [5.74, 6) is -1.13. The number of nitrogens with zero attached hydrogens (tertiary/aromatic N) is 4. The van der Waals surface area contributed by atoms with Crippen molar-refractivity contribution in [3.8, 4) is 0 Å². The van der Waals surface area contributed by atoms with Gasteiger partial charge in [0.05, 0.1) is 29.4 Å². The monoisotopic (exact) mass is 784 g/mol. The molecule has 0 amide bonds. The number of esters is 2. The van der Waals surface area contributed by atoms with Gasteiger partial charge in [-0.2, -0.15) is 20.5 Å². The predicted octanol–water partition coefficient (Wildman–Crippen LogP) is 11.1. The van der Waals surface area contributed by atoms with Gasteiger partial charge in [0.25, 0.3) is 0 Å². The molecule has 0 fully saturated rings. The van der Waals surface area contributed by atoms with Crippen molar-refractivity contribution in [2.24, 2.45) is 20.5 Å². The molecular weight excluding hydrogens is 731 g/mol. The molecule has 0 spiro atoms. The molecular formula is C43H53N4O8P. The molecule has 298 valence electrons. The average Bonchev–Trinajstić information content (AvgIpc) is 3.20. The Bertz CT molecular complexity index is 1880. The van der Waals surface area contributed by atoms with E-state index in [1.165, 1.54) is 11.1 Å². The molecule has 0 radical (unpaired) electrons. The quantitative estimate of drug-likeness (QED) is 0.0402. The van der Waals surface area contributed by atoms with Crippen molar-refractivity contribution in [3.05, 3.63) is 119 Å². The van der Waals surface area contributed by atoms with Gasteiger partial charge in [-0.05, 0) is 122 Å². The van der Waals surface area contributed by atoms with Crippen molar-refractivity contribution in [2.75, 3.05) is 13.2 Å². The Morgan fingerprint density at radius 3 is 1.21 bits per heavy atom. The van der Waals surface area contributed by atoms with E-state index in [1.807, 2.05) is 72.8 Å². The summed E-state index contributed by atoms with van der Waals surface area (Å²) in [6, 6.07) is 31.3. The Balaban J connectivity index is 1.15. The second kappa shape index (κ2) is 23.9. The fourth-order valence-corrected chi connectivity index (χ4v) is 5.94. The number of carbonyl (C=O) groups is 2. The Hall–Kier alpha value is -4.87. The van der Waals surface area contributed by atoms with Crippen molar-refractivity contribution in [1.82, 2.24) is 0 Å². The van der Waals surface area contributed by atoms with Crippen LogP contribution in [0.1, 0.15) is 87.5 Å². The molecule has 4 aromatic rings. The lowest BCUT2D eigenvalue weighted by Gasteiger charge is -2.18. The Morgan fingerprint density at radius 2 is 0.875 bits per heavy atom. The van der Waals surface area contributed by atoms with Crippen LogP contribution in [-0.4, -0.2) is 41.0 Å². The first-order valence-electron chi connectivity index (χ1n) is 19.3. The lowest BCUT2D eigenvalue weighted by atomic mass is 10.1. The maximum Gasteiger partial charge on any atom is 0.469 e. The summed E-state index contributed by atoms with van der Waals surface area (Å²) in [5.41, 5.74) is 7.57. The van der Waals surface area contributed by atoms with Crippen LogP contribution in [0.5, 0.6) is 0 Å². The lowest BCUT2D eigenvalue weighted by Crippen LogP contribution is -2.29. The van der Waals surface area contributed by atoms with E-state index < -0.39 is 39.1 Å². The van der Waals surface area contributed by atoms with E-state index in [0.29, 0.717) is 37.1 Å². The molecule has 56 heavy (non-hydrogen) atoms. The molecule has 0 aliphatic rings. The molecule has 12 nitrogen and oxygen atoms in total. The Labute approximate surface area is 329 Å². The molecule has 0 aliphatic carbocycles. The molecule has 2 N–H and O–H groups in total. The number of phosphoric acid groups is 1. The van der Waals surface area contributed by atoms with Gasteiger partial charge in [0, 0.05) is 12.8 Å². The third kappa shape index (κ3) is 17.7. The minimum Gasteiger partial charge on any atom is -0.462 e. The minimum atomic E-state index is -4.84. The fraction of sp³-hybridized carbons (Fsp3) is 0.395. The average molecular weight is 785 g/mol. The highest BCUT2D eigenvalue weighted by Crippen LogP contribution is 2.36. The molecule has 4 rings (SSSR count). The van der Waals surface area contributed by atoms with Gasteiger partial charge in [-0.1, -0.05) is 75.2 Å². The number of hydrogen-bond donors (Lipinski definition) is 2. The van der Waals surface area contributed by atoms with Crippen molar-refractivity contribution >= 4 is 42.5 Å². The molecule has 0 unspecified atom stereocenters. The smallest absolute Gasteiger partial charge is 0.462 e. The molecule has 0 bridgehead atoms. The van der Waals surface area contributed by atoms with Gasteiger partial charge in [-0.15, -0.1) is 0 Å². The van der Waals surface area contributed by atoms with Gasteiger partial charge in [0.1, 0.15) is 6.61 Å². The highest BCUT2D eigenvalue weighted by molar-refractivity contribution is 7.46. The van der Waals surface area contributed by atoms with E-state index in [0.717, 1.165) is 61.0 Å². The zero-order valence-electron chi connectivity index (χ0n) is 32.3. The summed E-state index contributed by atoms with van der Waals surface area (Å²) < 4.78 is 26.5. The number of hydrogen-bond acceptors (Lipinski definition) is 10. The molecule has 0 heterocycles. The van der Waals surface area contributed by atoms with Gasteiger partial charge in [-0.3, -0.25) is 14.1 Å². The van der Waals surface area contributed by atoms with Crippen LogP contribution in [0.2, 0.25) is 0 Å². The van der Waals surface area contributed by atoms with Crippen LogP contribution in [0.15, 0.2) is 118 Å². The third-order valence-corrected chi connectivity index (χ3v) is 9.28. The van der Waals surface area contributed by atoms with Crippen LogP contribution < -0.4 is 0 Å². The zero-order valence-corrected chi connectivity index (χ0v) is 33.2. The number of aryl methyl sites for hydroxylation is 4. The molecule has 13 heteroatoms. The summed E-state index contributed by atoms with van der Waals surface area (Å²) in [5, 5.41) is 17.3. The lowest BCUT2D eigenvalue weighted by molar-refractivity contribution is -0.161. The van der Waals surface area contributed by atoms with E-state index in [4.69, 9.17) is 19.3 Å². The van der Waals surface area contributed by atoms with Crippen molar-refractivity contribution < 1.29 is 37.9 Å². The Morgan fingerprint density at radius 1 is 0.536 bits per heavy atom. The van der Waals surface area contributed by atoms with E-state index in [9.17, 15) is 14.2 Å². The van der Waals surface area contributed by atoms with Crippen LogP contribution in [0.3, 0.4) is 0 Å². The number of azo groups is 2. The van der Waals surface area contributed by atoms with E-state index in [2.05, 4.69) is 63.1 Å². The summed E-state index contributed by atoms with van der Waals surface area (Å²) in [6.45, 7) is 3.32. The highest BCUT2D eigenvalue weighted by atomic mass is 31.2. The van der Waals surface area contributed by atoms with Gasteiger partial charge in [0.15, 0.2) is 6.10 Å². The van der Waals surface area contributed by atoms with Crippen LogP contribution in [-0.2, 0) is 53.8 Å². The first kappa shape index (κ1) is 43.9. The summed E-state index contributed by atoms with van der Waals surface area (Å²) in [6.07, 6.45) is 7.88. The van der Waals surface area contributed by atoms with E-state index in [-0.39, 0.29) is 12.8 Å². The molecule has 1 atom stereocenters. The number of rotatable bonds is 24. The fourth-order valence-electron chi connectivity index (χ4n) is 5.58. The molecule has 0 aliphatic heterocycles. The molecule has 0 aromatic heterocycles. The third-order valence-electron chi connectivity index (χ3n) is 8.79.